The molecule has 1 aromatic carbocycles. The van der Waals surface area contributed by atoms with Crippen LogP contribution in [0.15, 0.2) is 30.4 Å². The zero-order valence-electron chi connectivity index (χ0n) is 21.7. The molecule has 0 saturated carbocycles. The lowest BCUT2D eigenvalue weighted by molar-refractivity contribution is -0.134. The standard InChI is InChI=1S/C27H43NO5/c1-19(2)22(12-9-10-13-23(20(3)4)27(30)28(5)6)26(29)21-14-15-24(32-8)25(18-21)33-17-11-16-31-7/h9-10,14-15,18-20,22-23H,11-13,16-17H2,1-8H3/b10-9+. The number of nitrogens with zero attached hydrogens (tertiary/aromatic N) is 1. The number of ketones is 1. The van der Waals surface area contributed by atoms with Crippen LogP contribution in [0.2, 0.25) is 0 Å². The van der Waals surface area contributed by atoms with Gasteiger partial charge in [-0.25, -0.2) is 0 Å². The molecule has 6 nitrogen and oxygen atoms in total. The minimum atomic E-state index is -0.155. The van der Waals surface area contributed by atoms with Gasteiger partial charge in [0.25, 0.3) is 0 Å². The molecule has 0 bridgehead atoms. The Balaban J connectivity index is 2.91. The number of hydrogen-bond donors (Lipinski definition) is 0. The number of rotatable bonds is 15. The van der Waals surface area contributed by atoms with Gasteiger partial charge in [0.1, 0.15) is 0 Å². The summed E-state index contributed by atoms with van der Waals surface area (Å²) in [4.78, 5) is 27.4. The fourth-order valence-electron chi connectivity index (χ4n) is 3.70. The number of hydrogen-bond acceptors (Lipinski definition) is 5. The van der Waals surface area contributed by atoms with Crippen molar-refractivity contribution in [2.45, 2.75) is 47.0 Å². The van der Waals surface area contributed by atoms with Gasteiger partial charge in [-0.15, -0.1) is 0 Å². The summed E-state index contributed by atoms with van der Waals surface area (Å²) >= 11 is 0. The molecule has 0 fully saturated rings. The highest BCUT2D eigenvalue weighted by Crippen LogP contribution is 2.31. The Morgan fingerprint density at radius 2 is 1.52 bits per heavy atom. The van der Waals surface area contributed by atoms with Crippen LogP contribution in [-0.4, -0.2) is 58.1 Å². The van der Waals surface area contributed by atoms with Crippen LogP contribution < -0.4 is 9.47 Å². The minimum Gasteiger partial charge on any atom is -0.493 e. The maximum Gasteiger partial charge on any atom is 0.225 e. The third kappa shape index (κ3) is 9.20. The normalized spacial score (nSPS) is 13.4. The molecule has 0 aromatic heterocycles. The smallest absolute Gasteiger partial charge is 0.225 e. The SMILES string of the molecule is COCCCOc1cc(C(=O)C(C/C=C/CC(C(=O)N(C)C)C(C)C)C(C)C)ccc1OC. The molecule has 186 valence electrons. The summed E-state index contributed by atoms with van der Waals surface area (Å²) < 4.78 is 16.3. The van der Waals surface area contributed by atoms with E-state index in [1.54, 1.807) is 51.4 Å². The van der Waals surface area contributed by atoms with E-state index in [2.05, 4.69) is 27.7 Å². The summed E-state index contributed by atoms with van der Waals surface area (Å²) in [6, 6.07) is 5.36. The van der Waals surface area contributed by atoms with Crippen molar-refractivity contribution < 1.29 is 23.8 Å². The van der Waals surface area contributed by atoms with E-state index in [9.17, 15) is 9.59 Å². The number of methoxy groups -OCH3 is 2. The lowest BCUT2D eigenvalue weighted by Crippen LogP contribution is -2.32. The molecule has 1 aromatic rings. The Bertz CT molecular complexity index is 770. The van der Waals surface area contributed by atoms with Crippen molar-refractivity contribution in [1.82, 2.24) is 4.90 Å². The van der Waals surface area contributed by atoms with Gasteiger partial charge in [-0.2, -0.15) is 0 Å². The molecule has 1 amide bonds. The van der Waals surface area contributed by atoms with E-state index >= 15 is 0 Å². The summed E-state index contributed by atoms with van der Waals surface area (Å²) in [6.07, 6.45) is 6.16. The van der Waals surface area contributed by atoms with Gasteiger partial charge in [-0.3, -0.25) is 9.59 Å². The van der Waals surface area contributed by atoms with Crippen LogP contribution in [-0.2, 0) is 9.53 Å². The molecule has 33 heavy (non-hydrogen) atoms. The number of carbonyl (C=O) groups excluding carboxylic acids is 2. The van der Waals surface area contributed by atoms with Gasteiger partial charge in [0, 0.05) is 51.6 Å². The zero-order valence-corrected chi connectivity index (χ0v) is 21.7. The number of benzene rings is 1. The van der Waals surface area contributed by atoms with Crippen molar-refractivity contribution in [3.63, 3.8) is 0 Å². The van der Waals surface area contributed by atoms with Crippen molar-refractivity contribution in [3.05, 3.63) is 35.9 Å². The molecular weight excluding hydrogens is 418 g/mol. The lowest BCUT2D eigenvalue weighted by Gasteiger charge is -2.22. The van der Waals surface area contributed by atoms with E-state index < -0.39 is 0 Å². The van der Waals surface area contributed by atoms with E-state index in [1.807, 2.05) is 12.2 Å². The van der Waals surface area contributed by atoms with Crippen LogP contribution >= 0.6 is 0 Å². The first-order valence-electron chi connectivity index (χ1n) is 11.8. The molecule has 0 aliphatic heterocycles. The molecule has 0 heterocycles. The van der Waals surface area contributed by atoms with Crippen molar-refractivity contribution in [2.75, 3.05) is 41.5 Å². The first-order chi connectivity index (χ1) is 15.6. The number of Topliss-reactive ketones (excluding diaryl/α,β-unsaturated/α-hetero) is 1. The van der Waals surface area contributed by atoms with E-state index in [1.165, 1.54) is 0 Å². The Labute approximate surface area is 200 Å². The molecule has 0 aliphatic carbocycles. The quantitative estimate of drug-likeness (QED) is 0.202. The topological polar surface area (TPSA) is 65.1 Å². The summed E-state index contributed by atoms with van der Waals surface area (Å²) in [5.41, 5.74) is 0.618. The van der Waals surface area contributed by atoms with Gasteiger partial charge in [0.05, 0.1) is 13.7 Å². The van der Waals surface area contributed by atoms with E-state index in [0.29, 0.717) is 43.1 Å². The highest BCUT2D eigenvalue weighted by Gasteiger charge is 2.25. The Morgan fingerprint density at radius 3 is 2.03 bits per heavy atom. The second-order valence-corrected chi connectivity index (χ2v) is 9.30. The molecule has 0 spiro atoms. The van der Waals surface area contributed by atoms with Crippen molar-refractivity contribution in [2.24, 2.45) is 23.7 Å². The van der Waals surface area contributed by atoms with Crippen molar-refractivity contribution in [1.29, 1.82) is 0 Å². The molecule has 0 saturated heterocycles. The van der Waals surface area contributed by atoms with Crippen LogP contribution in [0.3, 0.4) is 0 Å². The summed E-state index contributed by atoms with van der Waals surface area (Å²) in [5.74, 6) is 1.64. The first-order valence-corrected chi connectivity index (χ1v) is 11.8. The number of ether oxygens (including phenoxy) is 3. The Hall–Kier alpha value is -2.34. The van der Waals surface area contributed by atoms with E-state index in [4.69, 9.17) is 14.2 Å². The van der Waals surface area contributed by atoms with Crippen LogP contribution in [0.25, 0.3) is 0 Å². The highest BCUT2D eigenvalue weighted by atomic mass is 16.5. The molecule has 6 heteroatoms. The van der Waals surface area contributed by atoms with Crippen LogP contribution in [0.5, 0.6) is 11.5 Å². The molecule has 0 radical (unpaired) electrons. The number of carbonyl (C=O) groups is 2. The van der Waals surface area contributed by atoms with Gasteiger partial charge >= 0.3 is 0 Å². The minimum absolute atomic E-state index is 0.0520. The monoisotopic (exact) mass is 461 g/mol. The maximum atomic E-state index is 13.3. The Kier molecular flexibility index (Phi) is 12.8. The fraction of sp³-hybridized carbons (Fsp3) is 0.630. The van der Waals surface area contributed by atoms with Gasteiger partial charge in [-0.1, -0.05) is 39.8 Å². The molecule has 1 rings (SSSR count). The second-order valence-electron chi connectivity index (χ2n) is 9.30. The molecule has 0 aliphatic rings. The summed E-state index contributed by atoms with van der Waals surface area (Å²) in [5, 5.41) is 0. The third-order valence-corrected chi connectivity index (χ3v) is 5.85. The zero-order chi connectivity index (χ0) is 25.0. The third-order valence-electron chi connectivity index (χ3n) is 5.85. The molecule has 0 N–H and O–H groups in total. The summed E-state index contributed by atoms with van der Waals surface area (Å²) in [7, 11) is 6.83. The van der Waals surface area contributed by atoms with Crippen molar-refractivity contribution in [3.8, 4) is 11.5 Å². The van der Waals surface area contributed by atoms with Gasteiger partial charge < -0.3 is 19.1 Å². The average Bonchev–Trinajstić information content (AvgIpc) is 2.77. The van der Waals surface area contributed by atoms with E-state index in [0.717, 1.165) is 6.42 Å². The lowest BCUT2D eigenvalue weighted by atomic mass is 9.84. The largest absolute Gasteiger partial charge is 0.493 e. The molecule has 2 unspecified atom stereocenters. The van der Waals surface area contributed by atoms with Crippen LogP contribution in [0.1, 0.15) is 57.3 Å². The van der Waals surface area contributed by atoms with Crippen LogP contribution in [0, 0.1) is 23.7 Å². The summed E-state index contributed by atoms with van der Waals surface area (Å²) in [6.45, 7) is 9.36. The van der Waals surface area contributed by atoms with Crippen molar-refractivity contribution >= 4 is 11.7 Å². The molecular formula is C27H43NO5. The van der Waals surface area contributed by atoms with Gasteiger partial charge in [0.2, 0.25) is 5.91 Å². The second kappa shape index (κ2) is 14.7. The maximum absolute atomic E-state index is 13.3. The average molecular weight is 462 g/mol. The van der Waals surface area contributed by atoms with Gasteiger partial charge in [-0.05, 0) is 42.9 Å². The highest BCUT2D eigenvalue weighted by molar-refractivity contribution is 5.98. The van der Waals surface area contributed by atoms with E-state index in [-0.39, 0.29) is 35.4 Å². The molecule has 2 atom stereocenters. The number of allylic oxidation sites excluding steroid dienone is 2. The first kappa shape index (κ1) is 28.7. The number of amides is 1. The fourth-order valence-corrected chi connectivity index (χ4v) is 3.70. The predicted molar refractivity (Wildman–Crippen MR) is 133 cm³/mol. The van der Waals surface area contributed by atoms with Gasteiger partial charge in [0.15, 0.2) is 17.3 Å². The predicted octanol–water partition coefficient (Wildman–Crippen LogP) is 5.26. The van der Waals surface area contributed by atoms with Crippen LogP contribution in [0.4, 0.5) is 0 Å². The Morgan fingerprint density at radius 1 is 0.909 bits per heavy atom.